The lowest BCUT2D eigenvalue weighted by Gasteiger charge is -2.42. The van der Waals surface area contributed by atoms with Crippen molar-refractivity contribution in [1.29, 1.82) is 5.26 Å². The molecule has 0 amide bonds. The summed E-state index contributed by atoms with van der Waals surface area (Å²) in [6.07, 6.45) is 7.45. The van der Waals surface area contributed by atoms with Crippen LogP contribution in [0.3, 0.4) is 0 Å². The Morgan fingerprint density at radius 2 is 2.00 bits per heavy atom. The fourth-order valence-electron chi connectivity index (χ4n) is 4.46. The van der Waals surface area contributed by atoms with Crippen LogP contribution in [0, 0.1) is 16.7 Å². The third-order valence-electron chi connectivity index (χ3n) is 6.13. The number of nitriles is 1. The first-order chi connectivity index (χ1) is 13.0. The Labute approximate surface area is 169 Å². The second-order valence-electron chi connectivity index (χ2n) is 7.49. The third kappa shape index (κ3) is 3.27. The van der Waals surface area contributed by atoms with Gasteiger partial charge in [0.2, 0.25) is 0 Å². The molecule has 1 aliphatic carbocycles. The van der Waals surface area contributed by atoms with Crippen LogP contribution in [0.2, 0.25) is 10.0 Å². The molecule has 1 atom stereocenters. The Morgan fingerprint density at radius 3 is 2.67 bits per heavy atom. The minimum atomic E-state index is 0.259. The summed E-state index contributed by atoms with van der Waals surface area (Å²) in [5, 5.41) is 10.4. The van der Waals surface area contributed by atoms with E-state index in [9.17, 15) is 5.26 Å². The van der Waals surface area contributed by atoms with Crippen molar-refractivity contribution in [2.24, 2.45) is 11.1 Å². The molecule has 1 saturated heterocycles. The fraction of sp³-hybridized carbons (Fsp3) is 0.450. The predicted molar refractivity (Wildman–Crippen MR) is 108 cm³/mol. The number of benzene rings is 1. The number of rotatable bonds is 2. The van der Waals surface area contributed by atoms with E-state index in [1.165, 1.54) is 12.8 Å². The van der Waals surface area contributed by atoms with Gasteiger partial charge in [0.1, 0.15) is 17.6 Å². The monoisotopic (exact) mass is 401 g/mol. The average molecular weight is 402 g/mol. The van der Waals surface area contributed by atoms with E-state index in [4.69, 9.17) is 28.9 Å². The molecule has 1 saturated carbocycles. The van der Waals surface area contributed by atoms with Crippen LogP contribution in [0.25, 0.3) is 11.3 Å². The maximum atomic E-state index is 9.60. The summed E-state index contributed by atoms with van der Waals surface area (Å²) in [4.78, 5) is 11.3. The summed E-state index contributed by atoms with van der Waals surface area (Å²) in [7, 11) is 0. The predicted octanol–water partition coefficient (Wildman–Crippen LogP) is 4.42. The van der Waals surface area contributed by atoms with Crippen molar-refractivity contribution in [3.8, 4) is 17.3 Å². The van der Waals surface area contributed by atoms with Gasteiger partial charge in [0, 0.05) is 24.7 Å². The zero-order chi connectivity index (χ0) is 19.0. The third-order valence-corrected chi connectivity index (χ3v) is 6.95. The molecule has 2 aromatic rings. The molecule has 1 aromatic heterocycles. The van der Waals surface area contributed by atoms with Gasteiger partial charge in [0.25, 0.3) is 0 Å². The maximum absolute atomic E-state index is 9.60. The lowest BCUT2D eigenvalue weighted by Crippen LogP contribution is -2.47. The van der Waals surface area contributed by atoms with Gasteiger partial charge in [-0.15, -0.1) is 0 Å². The summed E-state index contributed by atoms with van der Waals surface area (Å²) in [6, 6.07) is 7.76. The van der Waals surface area contributed by atoms with Crippen LogP contribution >= 0.6 is 23.2 Å². The molecule has 7 heteroatoms. The van der Waals surface area contributed by atoms with Gasteiger partial charge < -0.3 is 10.6 Å². The molecule has 1 spiro atoms. The highest BCUT2D eigenvalue weighted by Gasteiger charge is 2.43. The fourth-order valence-corrected chi connectivity index (χ4v) is 4.85. The molecule has 4 rings (SSSR count). The molecule has 2 fully saturated rings. The Bertz CT molecular complexity index is 900. The molecule has 2 heterocycles. The number of piperidine rings is 1. The number of nitrogens with zero attached hydrogens (tertiary/aromatic N) is 4. The Hall–Kier alpha value is -1.87. The summed E-state index contributed by atoms with van der Waals surface area (Å²) in [5.41, 5.74) is 8.00. The number of nitrogens with two attached hydrogens (primary N) is 1. The van der Waals surface area contributed by atoms with Crippen LogP contribution in [0.15, 0.2) is 24.4 Å². The zero-order valence-corrected chi connectivity index (χ0v) is 16.5. The van der Waals surface area contributed by atoms with Gasteiger partial charge in [-0.25, -0.2) is 9.97 Å². The minimum absolute atomic E-state index is 0.259. The first-order valence-electron chi connectivity index (χ1n) is 9.26. The van der Waals surface area contributed by atoms with Crippen LogP contribution in [0.5, 0.6) is 0 Å². The average Bonchev–Trinajstić information content (AvgIpc) is 3.04. The van der Waals surface area contributed by atoms with E-state index in [1.54, 1.807) is 24.4 Å². The topological polar surface area (TPSA) is 78.8 Å². The van der Waals surface area contributed by atoms with Crippen LogP contribution in [-0.4, -0.2) is 29.1 Å². The van der Waals surface area contributed by atoms with Gasteiger partial charge in [0.15, 0.2) is 5.69 Å². The molecule has 27 heavy (non-hydrogen) atoms. The van der Waals surface area contributed by atoms with Gasteiger partial charge in [-0.2, -0.15) is 5.26 Å². The summed E-state index contributed by atoms with van der Waals surface area (Å²) >= 11 is 12.4. The molecular formula is C20H21Cl2N5. The Morgan fingerprint density at radius 1 is 1.22 bits per heavy atom. The van der Waals surface area contributed by atoms with Crippen molar-refractivity contribution in [1.82, 2.24) is 9.97 Å². The van der Waals surface area contributed by atoms with Gasteiger partial charge in [-0.1, -0.05) is 41.8 Å². The highest BCUT2D eigenvalue weighted by molar-refractivity contribution is 6.43. The lowest BCUT2D eigenvalue weighted by molar-refractivity contribution is 0.197. The number of aromatic nitrogens is 2. The van der Waals surface area contributed by atoms with Crippen molar-refractivity contribution in [3.05, 3.63) is 40.1 Å². The quantitative estimate of drug-likeness (QED) is 0.805. The molecule has 2 aliphatic rings. The smallest absolute Gasteiger partial charge is 0.169 e. The van der Waals surface area contributed by atoms with Crippen molar-refractivity contribution < 1.29 is 0 Å². The van der Waals surface area contributed by atoms with E-state index in [0.717, 1.165) is 38.2 Å². The normalized spacial score (nSPS) is 21.4. The molecule has 1 aromatic carbocycles. The number of halogens is 2. The first kappa shape index (κ1) is 18.5. The summed E-state index contributed by atoms with van der Waals surface area (Å²) < 4.78 is 0. The number of hydrogen-bond acceptors (Lipinski definition) is 5. The zero-order valence-electron chi connectivity index (χ0n) is 15.0. The highest BCUT2D eigenvalue weighted by atomic mass is 35.5. The highest BCUT2D eigenvalue weighted by Crippen LogP contribution is 2.46. The van der Waals surface area contributed by atoms with E-state index in [-0.39, 0.29) is 11.1 Å². The van der Waals surface area contributed by atoms with E-state index < -0.39 is 0 Å². The van der Waals surface area contributed by atoms with Crippen molar-refractivity contribution in [3.63, 3.8) is 0 Å². The number of hydrogen-bond donors (Lipinski definition) is 1. The van der Waals surface area contributed by atoms with Gasteiger partial charge in [-0.3, -0.25) is 0 Å². The largest absolute Gasteiger partial charge is 0.355 e. The van der Waals surface area contributed by atoms with E-state index in [0.29, 0.717) is 27.3 Å². The Kier molecular flexibility index (Phi) is 4.98. The minimum Gasteiger partial charge on any atom is -0.355 e. The first-order valence-corrected chi connectivity index (χ1v) is 10.0. The maximum Gasteiger partial charge on any atom is 0.169 e. The van der Waals surface area contributed by atoms with Gasteiger partial charge >= 0.3 is 0 Å². The molecular weight excluding hydrogens is 381 g/mol. The van der Waals surface area contributed by atoms with Crippen LogP contribution < -0.4 is 10.6 Å². The van der Waals surface area contributed by atoms with Gasteiger partial charge in [-0.05, 0) is 37.2 Å². The molecule has 0 bridgehead atoms. The standard InChI is InChI=1S/C20H21Cl2N5/c21-14-4-1-3-13(18(14)22)19-15(11-23)26-17(12-25-19)27-9-7-20(8-10-27)6-2-5-16(20)24/h1,3-4,12,16H,2,5-10,24H2. The van der Waals surface area contributed by atoms with Crippen molar-refractivity contribution in [2.75, 3.05) is 18.0 Å². The molecule has 1 unspecified atom stereocenters. The molecule has 140 valence electrons. The summed E-state index contributed by atoms with van der Waals surface area (Å²) in [6.45, 7) is 1.79. The van der Waals surface area contributed by atoms with Crippen molar-refractivity contribution >= 4 is 29.0 Å². The Balaban J connectivity index is 1.59. The molecule has 1 aliphatic heterocycles. The second-order valence-corrected chi connectivity index (χ2v) is 8.27. The number of anilines is 1. The lowest BCUT2D eigenvalue weighted by atomic mass is 9.74. The van der Waals surface area contributed by atoms with Crippen LogP contribution in [0.4, 0.5) is 5.82 Å². The molecule has 5 nitrogen and oxygen atoms in total. The van der Waals surface area contributed by atoms with E-state index >= 15 is 0 Å². The SMILES string of the molecule is N#Cc1nc(N2CCC3(CCCC3N)CC2)cnc1-c1cccc(Cl)c1Cl. The van der Waals surface area contributed by atoms with Crippen molar-refractivity contribution in [2.45, 2.75) is 38.1 Å². The summed E-state index contributed by atoms with van der Waals surface area (Å²) in [5.74, 6) is 0.731. The molecule has 2 N–H and O–H groups in total. The van der Waals surface area contributed by atoms with E-state index in [1.807, 2.05) is 0 Å². The van der Waals surface area contributed by atoms with Gasteiger partial charge in [0.05, 0.1) is 16.2 Å². The second kappa shape index (κ2) is 7.27. The van der Waals surface area contributed by atoms with E-state index in [2.05, 4.69) is 20.9 Å². The molecule has 0 radical (unpaired) electrons. The van der Waals surface area contributed by atoms with Crippen LogP contribution in [0.1, 0.15) is 37.8 Å². The van der Waals surface area contributed by atoms with Crippen LogP contribution in [-0.2, 0) is 0 Å².